The Labute approximate surface area is 136 Å². The summed E-state index contributed by atoms with van der Waals surface area (Å²) < 4.78 is 0. The third-order valence-electron chi connectivity index (χ3n) is 3.74. The quantitative estimate of drug-likeness (QED) is 0.825. The highest BCUT2D eigenvalue weighted by Gasteiger charge is 2.20. The van der Waals surface area contributed by atoms with Gasteiger partial charge >= 0.3 is 0 Å². The van der Waals surface area contributed by atoms with Crippen LogP contribution in [0.4, 0.5) is 0 Å². The number of carbonyl (C=O) groups excluding carboxylic acids is 1. The third kappa shape index (κ3) is 4.75. The van der Waals surface area contributed by atoms with Crippen molar-refractivity contribution in [1.82, 2.24) is 5.32 Å². The molecule has 1 atom stereocenters. The highest BCUT2D eigenvalue weighted by atomic mass is 32.2. The van der Waals surface area contributed by atoms with E-state index in [1.54, 1.807) is 18.7 Å². The van der Waals surface area contributed by atoms with E-state index in [9.17, 15) is 9.90 Å². The van der Waals surface area contributed by atoms with Crippen LogP contribution in [0.25, 0.3) is 10.8 Å². The van der Waals surface area contributed by atoms with Crippen LogP contribution in [-0.2, 0) is 11.2 Å². The Balaban J connectivity index is 1.97. The molecule has 2 aromatic carbocycles. The largest absolute Gasteiger partial charge is 0.388 e. The number of rotatable bonds is 7. The van der Waals surface area contributed by atoms with E-state index in [1.807, 2.05) is 48.7 Å². The molecule has 0 saturated carbocycles. The molecule has 0 unspecified atom stereocenters. The maximum atomic E-state index is 12.1. The molecule has 0 aromatic heterocycles. The van der Waals surface area contributed by atoms with E-state index < -0.39 is 5.60 Å². The molecule has 0 aliphatic carbocycles. The molecule has 0 saturated heterocycles. The number of aliphatic hydroxyl groups is 1. The zero-order valence-electron chi connectivity index (χ0n) is 13.1. The highest BCUT2D eigenvalue weighted by molar-refractivity contribution is 7.98. The van der Waals surface area contributed by atoms with Gasteiger partial charge in [-0.05, 0) is 41.7 Å². The summed E-state index contributed by atoms with van der Waals surface area (Å²) in [5.74, 6) is 0.826. The number of hydrogen-bond acceptors (Lipinski definition) is 3. The van der Waals surface area contributed by atoms with Crippen LogP contribution in [0.3, 0.4) is 0 Å². The van der Waals surface area contributed by atoms with Crippen LogP contribution in [0.5, 0.6) is 0 Å². The van der Waals surface area contributed by atoms with Crippen molar-refractivity contribution >= 4 is 28.4 Å². The Kier molecular flexibility index (Phi) is 5.86. The number of benzene rings is 2. The minimum absolute atomic E-state index is 0.0548. The van der Waals surface area contributed by atoms with E-state index in [0.29, 0.717) is 12.8 Å². The Bertz CT molecular complexity index is 635. The standard InChI is InChI=1S/C18H23NO2S/c1-18(21,10-11-22-2)13-19-17(20)12-15-8-5-7-14-6-3-4-9-16(14)15/h3-9,21H,10-13H2,1-2H3,(H,19,20)/t18-/m0/s1. The van der Waals surface area contributed by atoms with Gasteiger partial charge in [-0.15, -0.1) is 0 Å². The molecule has 2 rings (SSSR count). The minimum atomic E-state index is -0.850. The topological polar surface area (TPSA) is 49.3 Å². The summed E-state index contributed by atoms with van der Waals surface area (Å²) in [5.41, 5.74) is 0.164. The number of carbonyl (C=O) groups is 1. The van der Waals surface area contributed by atoms with Crippen LogP contribution in [0.1, 0.15) is 18.9 Å². The summed E-state index contributed by atoms with van der Waals surface area (Å²) in [7, 11) is 0. The predicted octanol–water partition coefficient (Wildman–Crippen LogP) is 3.00. The number of nitrogens with one attached hydrogen (secondary N) is 1. The van der Waals surface area contributed by atoms with E-state index in [0.717, 1.165) is 22.1 Å². The molecule has 1 amide bonds. The Morgan fingerprint density at radius 3 is 2.73 bits per heavy atom. The Hall–Kier alpha value is -1.52. The van der Waals surface area contributed by atoms with Crippen LogP contribution >= 0.6 is 11.8 Å². The van der Waals surface area contributed by atoms with Crippen molar-refractivity contribution in [1.29, 1.82) is 0 Å². The van der Waals surface area contributed by atoms with Crippen LogP contribution in [0.15, 0.2) is 42.5 Å². The van der Waals surface area contributed by atoms with Gasteiger partial charge in [0.15, 0.2) is 0 Å². The first-order chi connectivity index (χ1) is 10.5. The van der Waals surface area contributed by atoms with E-state index in [1.165, 1.54) is 0 Å². The molecule has 2 N–H and O–H groups in total. The summed E-state index contributed by atoms with van der Waals surface area (Å²) >= 11 is 1.69. The van der Waals surface area contributed by atoms with Gasteiger partial charge in [0, 0.05) is 6.54 Å². The van der Waals surface area contributed by atoms with E-state index >= 15 is 0 Å². The van der Waals surface area contributed by atoms with Crippen LogP contribution in [0, 0.1) is 0 Å². The molecule has 0 bridgehead atoms. The molecular formula is C18H23NO2S. The number of fused-ring (bicyclic) bond motifs is 1. The van der Waals surface area contributed by atoms with Gasteiger partial charge in [-0.3, -0.25) is 4.79 Å². The summed E-state index contributed by atoms with van der Waals surface area (Å²) in [5, 5.41) is 15.3. The summed E-state index contributed by atoms with van der Waals surface area (Å²) in [6.45, 7) is 2.05. The van der Waals surface area contributed by atoms with E-state index in [4.69, 9.17) is 0 Å². The Morgan fingerprint density at radius 2 is 1.95 bits per heavy atom. The van der Waals surface area contributed by atoms with E-state index in [-0.39, 0.29) is 12.5 Å². The van der Waals surface area contributed by atoms with Crippen molar-refractivity contribution in [2.75, 3.05) is 18.6 Å². The Morgan fingerprint density at radius 1 is 1.23 bits per heavy atom. The molecule has 0 radical (unpaired) electrons. The number of amides is 1. The van der Waals surface area contributed by atoms with Gasteiger partial charge in [0.25, 0.3) is 0 Å². The first-order valence-electron chi connectivity index (χ1n) is 7.46. The fraction of sp³-hybridized carbons (Fsp3) is 0.389. The average molecular weight is 317 g/mol. The van der Waals surface area contributed by atoms with Crippen molar-refractivity contribution in [3.8, 4) is 0 Å². The molecule has 0 spiro atoms. The lowest BCUT2D eigenvalue weighted by Gasteiger charge is -2.23. The van der Waals surface area contributed by atoms with Gasteiger partial charge in [0.1, 0.15) is 0 Å². The SMILES string of the molecule is CSCC[C@](C)(O)CNC(=O)Cc1cccc2ccccc12. The van der Waals surface area contributed by atoms with Crippen molar-refractivity contribution in [2.45, 2.75) is 25.4 Å². The van der Waals surface area contributed by atoms with Gasteiger partial charge < -0.3 is 10.4 Å². The van der Waals surface area contributed by atoms with Gasteiger partial charge in [-0.25, -0.2) is 0 Å². The van der Waals surface area contributed by atoms with Crippen molar-refractivity contribution < 1.29 is 9.90 Å². The molecule has 3 nitrogen and oxygen atoms in total. The predicted molar refractivity (Wildman–Crippen MR) is 94.3 cm³/mol. The maximum absolute atomic E-state index is 12.1. The highest BCUT2D eigenvalue weighted by Crippen LogP contribution is 2.19. The van der Waals surface area contributed by atoms with Crippen molar-refractivity contribution in [3.05, 3.63) is 48.0 Å². The normalized spacial score (nSPS) is 13.8. The lowest BCUT2D eigenvalue weighted by molar-refractivity contribution is -0.121. The molecule has 4 heteroatoms. The molecule has 0 aliphatic heterocycles. The molecule has 22 heavy (non-hydrogen) atoms. The first-order valence-corrected chi connectivity index (χ1v) is 8.86. The maximum Gasteiger partial charge on any atom is 0.224 e. The van der Waals surface area contributed by atoms with E-state index in [2.05, 4.69) is 5.32 Å². The second kappa shape index (κ2) is 7.65. The summed E-state index contributed by atoms with van der Waals surface area (Å²) in [6, 6.07) is 14.1. The minimum Gasteiger partial charge on any atom is -0.388 e. The number of thioether (sulfide) groups is 1. The van der Waals surface area contributed by atoms with Crippen molar-refractivity contribution in [2.24, 2.45) is 0 Å². The average Bonchev–Trinajstić information content (AvgIpc) is 2.52. The zero-order chi connectivity index (χ0) is 16.0. The molecule has 0 fully saturated rings. The molecule has 118 valence electrons. The molecular weight excluding hydrogens is 294 g/mol. The van der Waals surface area contributed by atoms with Crippen molar-refractivity contribution in [3.63, 3.8) is 0 Å². The lowest BCUT2D eigenvalue weighted by atomic mass is 10.0. The molecule has 0 aliphatic rings. The fourth-order valence-electron chi connectivity index (χ4n) is 2.38. The summed E-state index contributed by atoms with van der Waals surface area (Å²) in [4.78, 5) is 12.1. The fourth-order valence-corrected chi connectivity index (χ4v) is 3.03. The first kappa shape index (κ1) is 16.8. The van der Waals surface area contributed by atoms with Gasteiger partial charge in [0.2, 0.25) is 5.91 Å². The zero-order valence-corrected chi connectivity index (χ0v) is 14.0. The second-order valence-corrected chi connectivity index (χ2v) is 6.82. The van der Waals surface area contributed by atoms with Crippen LogP contribution in [0.2, 0.25) is 0 Å². The van der Waals surface area contributed by atoms with Crippen LogP contribution in [-0.4, -0.2) is 35.2 Å². The summed E-state index contributed by atoms with van der Waals surface area (Å²) in [6.07, 6.45) is 3.01. The van der Waals surface area contributed by atoms with Gasteiger partial charge in [-0.2, -0.15) is 11.8 Å². The number of hydrogen-bond donors (Lipinski definition) is 2. The second-order valence-electron chi connectivity index (χ2n) is 5.83. The van der Waals surface area contributed by atoms with Crippen LogP contribution < -0.4 is 5.32 Å². The van der Waals surface area contributed by atoms with Gasteiger partial charge in [0.05, 0.1) is 12.0 Å². The third-order valence-corrected chi connectivity index (χ3v) is 4.35. The van der Waals surface area contributed by atoms with Gasteiger partial charge in [-0.1, -0.05) is 42.5 Å². The monoisotopic (exact) mass is 317 g/mol. The molecule has 2 aromatic rings. The smallest absolute Gasteiger partial charge is 0.224 e. The lowest BCUT2D eigenvalue weighted by Crippen LogP contribution is -2.41. The molecule has 0 heterocycles.